The second-order valence-electron chi connectivity index (χ2n) is 22.0. The Kier molecular flexibility index (Phi) is 8.75. The van der Waals surface area contributed by atoms with Gasteiger partial charge in [0.25, 0.3) is 0 Å². The lowest BCUT2D eigenvalue weighted by Crippen LogP contribution is -2.60. The fourth-order valence-corrected chi connectivity index (χ4v) is 10.8. The second-order valence-corrected chi connectivity index (χ2v) is 22.0. The minimum absolute atomic E-state index is 0.126. The second kappa shape index (κ2) is 14.5. The molecule has 7 aromatic carbocycles. The van der Waals surface area contributed by atoms with Gasteiger partial charge in [-0.25, -0.2) is 0 Å². The Morgan fingerprint density at radius 2 is 0.797 bits per heavy atom. The fraction of sp³-hybridized carbons (Fsp3) is 0.233. The maximum atomic E-state index is 7.41. The van der Waals surface area contributed by atoms with Gasteiger partial charge < -0.3 is 37.6 Å². The van der Waals surface area contributed by atoms with Gasteiger partial charge in [-0.15, -0.1) is 0 Å². The van der Waals surface area contributed by atoms with Crippen molar-refractivity contribution in [2.24, 2.45) is 0 Å². The van der Waals surface area contributed by atoms with Crippen LogP contribution in [0.1, 0.15) is 79.0 Å². The van der Waals surface area contributed by atoms with E-state index in [1.807, 2.05) is 0 Å². The Morgan fingerprint density at radius 1 is 0.406 bits per heavy atom. The maximum Gasteiger partial charge on any atom is 0.342 e. The molecule has 9 heteroatoms. The molecule has 0 spiro atoms. The van der Waals surface area contributed by atoms with Crippen LogP contribution in [0.2, 0.25) is 0 Å². The third kappa shape index (κ3) is 6.35. The van der Waals surface area contributed by atoms with E-state index in [-0.39, 0.29) is 29.8 Å². The molecule has 13 rings (SSSR count). The number of hydrogen-bond acceptors (Lipinski definition) is 8. The molecule has 6 heterocycles. The van der Waals surface area contributed by atoms with Gasteiger partial charge in [0, 0.05) is 45.4 Å². The van der Waals surface area contributed by atoms with Crippen molar-refractivity contribution in [1.29, 1.82) is 0 Å². The Bertz CT molecular complexity index is 3360. The quantitative estimate of drug-likeness (QED) is 0.162. The van der Waals surface area contributed by atoms with E-state index in [2.05, 4.69) is 206 Å². The molecular formula is C60H53BN2O6. The molecule has 342 valence electrons. The first-order valence-corrected chi connectivity index (χ1v) is 24.0. The van der Waals surface area contributed by atoms with E-state index in [0.29, 0.717) is 23.0 Å². The van der Waals surface area contributed by atoms with Crippen LogP contribution < -0.4 is 45.5 Å². The number of rotatable bonds is 4. The number of benzene rings is 7. The maximum absolute atomic E-state index is 7.41. The number of ether oxygens (including phenoxy) is 4. The Labute approximate surface area is 403 Å². The molecule has 4 aliphatic rings. The summed E-state index contributed by atoms with van der Waals surface area (Å²) in [6.07, 6.45) is 0. The SMILES string of the molecule is CC(C)(C)c1cc2c3c(c1)N(c1cc4c(cc1-c1ccccc1)OCO4)c1c(oc4ccc(C(C)(C)C)cc14)B3c1oc3ccc(C(C)(C)C)cc3c1N2c1cc2c(cc1-c1ccccc1)OCO2. The molecule has 0 N–H and O–H groups in total. The summed E-state index contributed by atoms with van der Waals surface area (Å²) >= 11 is 0. The van der Waals surface area contributed by atoms with E-state index >= 15 is 0 Å². The molecule has 0 aliphatic carbocycles. The molecule has 69 heavy (non-hydrogen) atoms. The van der Waals surface area contributed by atoms with Crippen molar-refractivity contribution in [3.05, 3.63) is 150 Å². The number of anilines is 6. The molecule has 0 bridgehead atoms. The molecule has 0 amide bonds. The molecule has 0 saturated carbocycles. The van der Waals surface area contributed by atoms with E-state index < -0.39 is 6.71 Å². The van der Waals surface area contributed by atoms with Crippen LogP contribution in [-0.4, -0.2) is 20.3 Å². The molecule has 0 atom stereocenters. The molecule has 0 fully saturated rings. The van der Waals surface area contributed by atoms with Gasteiger partial charge in [-0.1, -0.05) is 135 Å². The average molecular weight is 909 g/mol. The van der Waals surface area contributed by atoms with Crippen molar-refractivity contribution in [1.82, 2.24) is 0 Å². The average Bonchev–Trinajstić information content (AvgIpc) is 4.15. The van der Waals surface area contributed by atoms with Crippen molar-refractivity contribution in [3.8, 4) is 45.3 Å². The van der Waals surface area contributed by atoms with Crippen LogP contribution in [0.4, 0.5) is 34.1 Å². The van der Waals surface area contributed by atoms with Crippen LogP contribution in [-0.2, 0) is 16.2 Å². The summed E-state index contributed by atoms with van der Waals surface area (Å²) < 4.78 is 39.5. The molecule has 0 radical (unpaired) electrons. The zero-order valence-electron chi connectivity index (χ0n) is 40.5. The lowest BCUT2D eigenvalue weighted by molar-refractivity contribution is 0.173. The van der Waals surface area contributed by atoms with Crippen molar-refractivity contribution in [2.45, 2.75) is 78.6 Å². The zero-order chi connectivity index (χ0) is 47.3. The summed E-state index contributed by atoms with van der Waals surface area (Å²) in [6, 6.07) is 47.9. The van der Waals surface area contributed by atoms with Crippen molar-refractivity contribution < 1.29 is 27.8 Å². The van der Waals surface area contributed by atoms with Gasteiger partial charge in [-0.2, -0.15) is 0 Å². The van der Waals surface area contributed by atoms with Crippen molar-refractivity contribution in [3.63, 3.8) is 0 Å². The van der Waals surface area contributed by atoms with Gasteiger partial charge in [0.15, 0.2) is 23.0 Å². The van der Waals surface area contributed by atoms with E-state index in [0.717, 1.165) is 95.1 Å². The summed E-state index contributed by atoms with van der Waals surface area (Å²) in [7, 11) is 0. The van der Waals surface area contributed by atoms with Crippen LogP contribution in [0.3, 0.4) is 0 Å². The highest BCUT2D eigenvalue weighted by Crippen LogP contribution is 2.56. The minimum atomic E-state index is -0.430. The molecular weight excluding hydrogens is 855 g/mol. The predicted octanol–water partition coefficient (Wildman–Crippen LogP) is 13.9. The van der Waals surface area contributed by atoms with Crippen LogP contribution >= 0.6 is 0 Å². The van der Waals surface area contributed by atoms with Gasteiger partial charge in [0.2, 0.25) is 13.6 Å². The Balaban J connectivity index is 1.21. The van der Waals surface area contributed by atoms with Crippen molar-refractivity contribution >= 4 is 79.6 Å². The lowest BCUT2D eigenvalue weighted by Gasteiger charge is -2.42. The fourth-order valence-electron chi connectivity index (χ4n) is 10.8. The summed E-state index contributed by atoms with van der Waals surface area (Å²) in [5, 5.41) is 2.06. The molecule has 4 aliphatic heterocycles. The normalized spacial score (nSPS) is 14.7. The smallest absolute Gasteiger partial charge is 0.342 e. The van der Waals surface area contributed by atoms with Gasteiger partial charge >= 0.3 is 6.71 Å². The number of hydrogen-bond donors (Lipinski definition) is 0. The highest BCUT2D eigenvalue weighted by Gasteiger charge is 2.51. The summed E-state index contributed by atoms with van der Waals surface area (Å²) in [5.41, 5.74) is 17.4. The van der Waals surface area contributed by atoms with E-state index in [9.17, 15) is 0 Å². The van der Waals surface area contributed by atoms with Gasteiger partial charge in [-0.05, 0) is 98.1 Å². The van der Waals surface area contributed by atoms with Gasteiger partial charge in [-0.3, -0.25) is 0 Å². The summed E-state index contributed by atoms with van der Waals surface area (Å²) in [6.45, 7) is 20.4. The molecule has 0 saturated heterocycles. The highest BCUT2D eigenvalue weighted by atomic mass is 16.7. The Hall–Kier alpha value is -7.52. The van der Waals surface area contributed by atoms with Crippen LogP contribution in [0.15, 0.2) is 142 Å². The first-order valence-electron chi connectivity index (χ1n) is 24.0. The van der Waals surface area contributed by atoms with Gasteiger partial charge in [0.05, 0.1) is 22.7 Å². The topological polar surface area (TPSA) is 69.7 Å². The van der Waals surface area contributed by atoms with E-state index in [1.54, 1.807) is 0 Å². The molecule has 8 nitrogen and oxygen atoms in total. The Morgan fingerprint density at radius 3 is 1.19 bits per heavy atom. The number of fused-ring (bicyclic) bond motifs is 10. The molecule has 0 unspecified atom stereocenters. The molecule has 2 aromatic heterocycles. The van der Waals surface area contributed by atoms with Crippen LogP contribution in [0.25, 0.3) is 44.2 Å². The predicted molar refractivity (Wildman–Crippen MR) is 279 cm³/mol. The van der Waals surface area contributed by atoms with Crippen LogP contribution in [0.5, 0.6) is 23.0 Å². The number of furan rings is 2. The minimum Gasteiger partial charge on any atom is -0.468 e. The first-order chi connectivity index (χ1) is 33.1. The van der Waals surface area contributed by atoms with Gasteiger partial charge in [0.1, 0.15) is 22.5 Å². The third-order valence-corrected chi connectivity index (χ3v) is 14.5. The summed E-state index contributed by atoms with van der Waals surface area (Å²) in [5.74, 6) is 2.82. The molecule has 9 aromatic rings. The number of nitrogens with zero attached hydrogens (tertiary/aromatic N) is 2. The van der Waals surface area contributed by atoms with E-state index in [4.69, 9.17) is 27.8 Å². The standard InChI is InChI=1S/C60H53BN2O6/c1-58(2,3)36-20-22-47-41(24-36)54-56(68-47)61-53-45(62(54)43-30-51-49(64-32-66-51)28-39(43)34-16-12-10-13-17-34)26-38(60(7,8)9)27-46(53)63(55-42-25-37(59(4,5)6)21-23-48(42)69-57(55)61)44-31-52-50(65-33-67-52)29-40(44)35-18-14-11-15-19-35/h10-31H,32-33H2,1-9H3. The van der Waals surface area contributed by atoms with Crippen molar-refractivity contribution in [2.75, 3.05) is 23.4 Å². The highest BCUT2D eigenvalue weighted by molar-refractivity contribution is 6.99. The lowest BCUT2D eigenvalue weighted by atomic mass is 9.37. The van der Waals surface area contributed by atoms with E-state index in [1.165, 1.54) is 16.7 Å². The summed E-state index contributed by atoms with van der Waals surface area (Å²) in [4.78, 5) is 4.90. The largest absolute Gasteiger partial charge is 0.468 e. The van der Waals surface area contributed by atoms with Crippen LogP contribution in [0, 0.1) is 0 Å². The third-order valence-electron chi connectivity index (χ3n) is 14.5. The first kappa shape index (κ1) is 41.7. The monoisotopic (exact) mass is 908 g/mol. The zero-order valence-corrected chi connectivity index (χ0v) is 40.5.